The second-order valence-corrected chi connectivity index (χ2v) is 7.24. The standard InChI is InChI=1S/C23H24F3N3O3/c24-23(25,26)21(30)10-11-27-20(16-17-4-2-1-3-5-17)22(31)28-18-6-8-19(9-7-18)29-12-14-32-15-13-29/h1-11,20,27H,12-16H2,(H,28,31). The summed E-state index contributed by atoms with van der Waals surface area (Å²) in [6.45, 7) is 2.90. The lowest BCUT2D eigenvalue weighted by Crippen LogP contribution is -2.40. The van der Waals surface area contributed by atoms with Crippen LogP contribution in [-0.4, -0.2) is 50.2 Å². The van der Waals surface area contributed by atoms with Crippen LogP contribution in [0.2, 0.25) is 0 Å². The van der Waals surface area contributed by atoms with Crippen molar-refractivity contribution in [3.05, 3.63) is 72.4 Å². The number of nitrogens with one attached hydrogen (secondary N) is 2. The fraction of sp³-hybridized carbons (Fsp3) is 0.304. The molecule has 0 saturated carbocycles. The molecule has 170 valence electrons. The fourth-order valence-corrected chi connectivity index (χ4v) is 3.22. The molecule has 1 atom stereocenters. The minimum atomic E-state index is -4.96. The van der Waals surface area contributed by atoms with Crippen LogP contribution in [0.5, 0.6) is 0 Å². The normalized spacial score (nSPS) is 15.4. The van der Waals surface area contributed by atoms with Gasteiger partial charge in [0, 0.05) is 43.2 Å². The molecule has 2 aromatic carbocycles. The van der Waals surface area contributed by atoms with Gasteiger partial charge >= 0.3 is 6.18 Å². The van der Waals surface area contributed by atoms with Gasteiger partial charge in [0.15, 0.2) is 0 Å². The number of carbonyl (C=O) groups is 2. The number of rotatable bonds is 8. The van der Waals surface area contributed by atoms with Gasteiger partial charge in [-0.2, -0.15) is 13.2 Å². The molecule has 32 heavy (non-hydrogen) atoms. The molecule has 0 aromatic heterocycles. The Balaban J connectivity index is 1.66. The van der Waals surface area contributed by atoms with Crippen LogP contribution in [0.4, 0.5) is 24.5 Å². The number of ether oxygens (including phenoxy) is 1. The number of amides is 1. The van der Waals surface area contributed by atoms with E-state index in [1.807, 2.05) is 30.3 Å². The molecule has 9 heteroatoms. The van der Waals surface area contributed by atoms with Crippen molar-refractivity contribution in [3.63, 3.8) is 0 Å². The Morgan fingerprint density at radius 2 is 1.69 bits per heavy atom. The van der Waals surface area contributed by atoms with E-state index < -0.39 is 23.9 Å². The molecular weight excluding hydrogens is 423 g/mol. The molecule has 1 amide bonds. The number of anilines is 2. The molecule has 1 saturated heterocycles. The molecule has 0 aliphatic carbocycles. The zero-order valence-electron chi connectivity index (χ0n) is 17.3. The Morgan fingerprint density at radius 3 is 2.31 bits per heavy atom. The van der Waals surface area contributed by atoms with Gasteiger partial charge in [-0.1, -0.05) is 30.3 Å². The van der Waals surface area contributed by atoms with Crippen molar-refractivity contribution in [2.24, 2.45) is 0 Å². The van der Waals surface area contributed by atoms with E-state index in [2.05, 4.69) is 15.5 Å². The number of hydrogen-bond acceptors (Lipinski definition) is 5. The number of halogens is 3. The van der Waals surface area contributed by atoms with Crippen molar-refractivity contribution in [1.82, 2.24) is 5.32 Å². The van der Waals surface area contributed by atoms with Crippen molar-refractivity contribution in [2.75, 3.05) is 36.5 Å². The molecule has 2 N–H and O–H groups in total. The zero-order chi connectivity index (χ0) is 23.0. The van der Waals surface area contributed by atoms with E-state index in [4.69, 9.17) is 4.74 Å². The van der Waals surface area contributed by atoms with Crippen molar-refractivity contribution in [2.45, 2.75) is 18.6 Å². The minimum Gasteiger partial charge on any atom is -0.379 e. The third-order valence-corrected chi connectivity index (χ3v) is 4.92. The first-order valence-corrected chi connectivity index (χ1v) is 10.1. The lowest BCUT2D eigenvalue weighted by molar-refractivity contribution is -0.165. The van der Waals surface area contributed by atoms with Gasteiger partial charge in [-0.3, -0.25) is 9.59 Å². The predicted molar refractivity (Wildman–Crippen MR) is 115 cm³/mol. The van der Waals surface area contributed by atoms with E-state index >= 15 is 0 Å². The highest BCUT2D eigenvalue weighted by atomic mass is 19.4. The first-order valence-electron chi connectivity index (χ1n) is 10.1. The molecule has 1 aliphatic heterocycles. The number of carbonyl (C=O) groups excluding carboxylic acids is 2. The van der Waals surface area contributed by atoms with E-state index in [0.29, 0.717) is 25.0 Å². The molecule has 3 rings (SSSR count). The van der Waals surface area contributed by atoms with Crippen LogP contribution in [-0.2, 0) is 20.7 Å². The SMILES string of the molecule is O=C(Nc1ccc(N2CCOCC2)cc1)C(Cc1ccccc1)NC=CC(=O)C(F)(F)F. The van der Waals surface area contributed by atoms with Gasteiger partial charge in [-0.05, 0) is 29.8 Å². The maximum absolute atomic E-state index is 12.8. The predicted octanol–water partition coefficient (Wildman–Crippen LogP) is 3.31. The number of morpholine rings is 1. The molecule has 0 spiro atoms. The average molecular weight is 447 g/mol. The Labute approximate surface area is 184 Å². The first-order chi connectivity index (χ1) is 15.3. The lowest BCUT2D eigenvalue weighted by atomic mass is 10.1. The monoisotopic (exact) mass is 447 g/mol. The maximum atomic E-state index is 12.8. The van der Waals surface area contributed by atoms with Crippen LogP contribution in [0.1, 0.15) is 5.56 Å². The van der Waals surface area contributed by atoms with Crippen LogP contribution >= 0.6 is 0 Å². The fourth-order valence-electron chi connectivity index (χ4n) is 3.22. The third kappa shape index (κ3) is 6.84. The zero-order valence-corrected chi connectivity index (χ0v) is 17.3. The smallest absolute Gasteiger partial charge is 0.379 e. The van der Waals surface area contributed by atoms with Gasteiger partial charge in [-0.25, -0.2) is 0 Å². The molecule has 2 aromatic rings. The third-order valence-electron chi connectivity index (χ3n) is 4.92. The van der Waals surface area contributed by atoms with Gasteiger partial charge in [0.05, 0.1) is 13.2 Å². The summed E-state index contributed by atoms with van der Waals surface area (Å²) in [4.78, 5) is 26.1. The van der Waals surface area contributed by atoms with Crippen LogP contribution in [0.15, 0.2) is 66.9 Å². The van der Waals surface area contributed by atoms with Crippen molar-refractivity contribution in [1.29, 1.82) is 0 Å². The summed E-state index contributed by atoms with van der Waals surface area (Å²) in [7, 11) is 0. The van der Waals surface area contributed by atoms with Crippen LogP contribution < -0.4 is 15.5 Å². The summed E-state index contributed by atoms with van der Waals surface area (Å²) in [5, 5.41) is 5.39. The summed E-state index contributed by atoms with van der Waals surface area (Å²) in [5.74, 6) is -2.43. The largest absolute Gasteiger partial charge is 0.454 e. The summed E-state index contributed by atoms with van der Waals surface area (Å²) < 4.78 is 42.6. The van der Waals surface area contributed by atoms with E-state index in [1.165, 1.54) is 0 Å². The highest BCUT2D eigenvalue weighted by molar-refractivity contribution is 5.96. The second-order valence-electron chi connectivity index (χ2n) is 7.24. The Bertz CT molecular complexity index is 925. The molecule has 1 heterocycles. The van der Waals surface area contributed by atoms with Gasteiger partial charge < -0.3 is 20.3 Å². The number of hydrogen-bond donors (Lipinski definition) is 2. The molecule has 1 unspecified atom stereocenters. The number of ketones is 1. The molecular formula is C23H24F3N3O3. The molecule has 1 fully saturated rings. The number of allylic oxidation sites excluding steroid dienone is 1. The molecule has 0 bridgehead atoms. The molecule has 0 radical (unpaired) electrons. The van der Waals surface area contributed by atoms with Gasteiger partial charge in [0.25, 0.3) is 5.78 Å². The highest BCUT2D eigenvalue weighted by Crippen LogP contribution is 2.20. The van der Waals surface area contributed by atoms with Gasteiger partial charge in [-0.15, -0.1) is 0 Å². The summed E-state index contributed by atoms with van der Waals surface area (Å²) >= 11 is 0. The summed E-state index contributed by atoms with van der Waals surface area (Å²) in [5.41, 5.74) is 2.39. The summed E-state index contributed by atoms with van der Waals surface area (Å²) in [6.07, 6.45) is -3.49. The minimum absolute atomic E-state index is 0.225. The number of nitrogens with zero attached hydrogens (tertiary/aromatic N) is 1. The van der Waals surface area contributed by atoms with Crippen molar-refractivity contribution < 1.29 is 27.5 Å². The number of alkyl halides is 3. The van der Waals surface area contributed by atoms with Crippen LogP contribution in [0, 0.1) is 0 Å². The Kier molecular flexibility index (Phi) is 7.88. The Hall–Kier alpha value is -3.33. The van der Waals surface area contributed by atoms with Crippen LogP contribution in [0.25, 0.3) is 0 Å². The topological polar surface area (TPSA) is 70.7 Å². The number of benzene rings is 2. The van der Waals surface area contributed by atoms with Crippen molar-refractivity contribution >= 4 is 23.1 Å². The van der Waals surface area contributed by atoms with E-state index in [0.717, 1.165) is 30.5 Å². The second kappa shape index (κ2) is 10.8. The van der Waals surface area contributed by atoms with Gasteiger partial charge in [0.1, 0.15) is 6.04 Å². The first kappa shape index (κ1) is 23.3. The van der Waals surface area contributed by atoms with E-state index in [9.17, 15) is 22.8 Å². The quantitative estimate of drug-likeness (QED) is 0.608. The Morgan fingerprint density at radius 1 is 1.03 bits per heavy atom. The molecule has 6 nitrogen and oxygen atoms in total. The highest BCUT2D eigenvalue weighted by Gasteiger charge is 2.36. The molecule has 1 aliphatic rings. The van der Waals surface area contributed by atoms with E-state index in [-0.39, 0.29) is 6.42 Å². The maximum Gasteiger partial charge on any atom is 0.454 e. The summed E-state index contributed by atoms with van der Waals surface area (Å²) in [6, 6.07) is 15.5. The lowest BCUT2D eigenvalue weighted by Gasteiger charge is -2.29. The van der Waals surface area contributed by atoms with Crippen LogP contribution in [0.3, 0.4) is 0 Å². The average Bonchev–Trinajstić information content (AvgIpc) is 2.79. The van der Waals surface area contributed by atoms with Gasteiger partial charge in [0.2, 0.25) is 5.91 Å². The van der Waals surface area contributed by atoms with E-state index in [1.54, 1.807) is 24.3 Å². The van der Waals surface area contributed by atoms with Crippen molar-refractivity contribution in [3.8, 4) is 0 Å².